The zero-order chi connectivity index (χ0) is 10.8. The second-order valence-electron chi connectivity index (χ2n) is 2.86. The van der Waals surface area contributed by atoms with Gasteiger partial charge >= 0.3 is 0 Å². The van der Waals surface area contributed by atoms with Gasteiger partial charge in [0.15, 0.2) is 0 Å². The molecule has 5 heteroatoms. The van der Waals surface area contributed by atoms with Crippen LogP contribution in [-0.4, -0.2) is 9.78 Å². The normalized spacial score (nSPS) is 10.3. The SMILES string of the molecule is O=c1ccc(Cl)nn1-c1ccccc1Cl. The van der Waals surface area contributed by atoms with Crippen molar-refractivity contribution in [1.29, 1.82) is 0 Å². The number of halogens is 2. The summed E-state index contributed by atoms with van der Waals surface area (Å²) >= 11 is 11.6. The van der Waals surface area contributed by atoms with Crippen LogP contribution in [0.3, 0.4) is 0 Å². The Morgan fingerprint density at radius 3 is 2.53 bits per heavy atom. The first-order valence-electron chi connectivity index (χ1n) is 4.19. The lowest BCUT2D eigenvalue weighted by atomic mass is 10.3. The molecule has 0 aliphatic carbocycles. The van der Waals surface area contributed by atoms with Gasteiger partial charge in [0.1, 0.15) is 5.15 Å². The molecule has 0 unspecified atom stereocenters. The third-order valence-corrected chi connectivity index (χ3v) is 2.37. The van der Waals surface area contributed by atoms with Crippen LogP contribution in [0.25, 0.3) is 5.69 Å². The molecule has 0 N–H and O–H groups in total. The monoisotopic (exact) mass is 240 g/mol. The van der Waals surface area contributed by atoms with Gasteiger partial charge in [-0.25, -0.2) is 0 Å². The van der Waals surface area contributed by atoms with Crippen LogP contribution in [0.1, 0.15) is 0 Å². The van der Waals surface area contributed by atoms with E-state index in [-0.39, 0.29) is 10.7 Å². The minimum Gasteiger partial charge on any atom is -0.267 e. The van der Waals surface area contributed by atoms with Crippen molar-refractivity contribution in [3.63, 3.8) is 0 Å². The van der Waals surface area contributed by atoms with Gasteiger partial charge in [-0.1, -0.05) is 35.3 Å². The topological polar surface area (TPSA) is 34.9 Å². The number of benzene rings is 1. The van der Waals surface area contributed by atoms with Crippen molar-refractivity contribution in [3.05, 3.63) is 56.9 Å². The van der Waals surface area contributed by atoms with Gasteiger partial charge in [0.25, 0.3) is 5.56 Å². The van der Waals surface area contributed by atoms with Crippen molar-refractivity contribution < 1.29 is 0 Å². The molecule has 76 valence electrons. The van der Waals surface area contributed by atoms with Gasteiger partial charge in [-0.2, -0.15) is 9.78 Å². The molecule has 1 heterocycles. The Morgan fingerprint density at radius 2 is 1.80 bits per heavy atom. The molecule has 2 aromatic rings. The molecule has 0 radical (unpaired) electrons. The predicted molar refractivity (Wildman–Crippen MR) is 59.9 cm³/mol. The van der Waals surface area contributed by atoms with E-state index in [2.05, 4.69) is 5.10 Å². The second-order valence-corrected chi connectivity index (χ2v) is 3.65. The number of hydrogen-bond acceptors (Lipinski definition) is 2. The molecule has 1 aromatic heterocycles. The van der Waals surface area contributed by atoms with Crippen LogP contribution < -0.4 is 5.56 Å². The Kier molecular flexibility index (Phi) is 2.75. The smallest absolute Gasteiger partial charge is 0.267 e. The van der Waals surface area contributed by atoms with Crippen molar-refractivity contribution in [1.82, 2.24) is 9.78 Å². The molecule has 0 fully saturated rings. The van der Waals surface area contributed by atoms with Gasteiger partial charge in [-0.15, -0.1) is 0 Å². The molecular formula is C10H6Cl2N2O. The first-order valence-corrected chi connectivity index (χ1v) is 4.95. The van der Waals surface area contributed by atoms with Crippen molar-refractivity contribution in [2.45, 2.75) is 0 Å². The summed E-state index contributed by atoms with van der Waals surface area (Å²) in [7, 11) is 0. The Bertz CT molecular complexity index is 551. The zero-order valence-electron chi connectivity index (χ0n) is 7.52. The summed E-state index contributed by atoms with van der Waals surface area (Å²) in [6, 6.07) is 9.73. The Labute approximate surface area is 95.9 Å². The molecule has 0 aliphatic heterocycles. The Morgan fingerprint density at radius 1 is 1.07 bits per heavy atom. The van der Waals surface area contributed by atoms with Gasteiger partial charge in [-0.05, 0) is 18.2 Å². The van der Waals surface area contributed by atoms with Crippen LogP contribution in [-0.2, 0) is 0 Å². The molecule has 0 amide bonds. The summed E-state index contributed by atoms with van der Waals surface area (Å²) in [5, 5.41) is 4.59. The molecule has 1 aromatic carbocycles. The molecule has 15 heavy (non-hydrogen) atoms. The van der Waals surface area contributed by atoms with E-state index in [0.29, 0.717) is 10.7 Å². The molecule has 0 atom stereocenters. The van der Waals surface area contributed by atoms with Crippen LogP contribution in [0.4, 0.5) is 0 Å². The van der Waals surface area contributed by atoms with E-state index in [1.165, 1.54) is 16.8 Å². The van der Waals surface area contributed by atoms with Gasteiger partial charge in [0.05, 0.1) is 10.7 Å². The van der Waals surface area contributed by atoms with Gasteiger partial charge in [0, 0.05) is 6.07 Å². The largest absolute Gasteiger partial charge is 0.271 e. The highest BCUT2D eigenvalue weighted by atomic mass is 35.5. The third kappa shape index (κ3) is 2.03. The number of para-hydroxylation sites is 1. The van der Waals surface area contributed by atoms with E-state index in [1.807, 2.05) is 0 Å². The van der Waals surface area contributed by atoms with Crippen LogP contribution in [0.15, 0.2) is 41.2 Å². The van der Waals surface area contributed by atoms with E-state index >= 15 is 0 Å². The molecule has 3 nitrogen and oxygen atoms in total. The van der Waals surface area contributed by atoms with Crippen LogP contribution in [0.2, 0.25) is 10.2 Å². The molecular weight excluding hydrogens is 235 g/mol. The third-order valence-electron chi connectivity index (χ3n) is 1.85. The molecule has 0 aliphatic rings. The van der Waals surface area contributed by atoms with Crippen molar-refractivity contribution >= 4 is 23.2 Å². The number of aromatic nitrogens is 2. The van der Waals surface area contributed by atoms with E-state index in [1.54, 1.807) is 24.3 Å². The summed E-state index contributed by atoms with van der Waals surface area (Å²) in [4.78, 5) is 11.5. The maximum atomic E-state index is 11.5. The predicted octanol–water partition coefficient (Wildman–Crippen LogP) is 2.54. The maximum absolute atomic E-state index is 11.5. The highest BCUT2D eigenvalue weighted by molar-refractivity contribution is 6.32. The summed E-state index contributed by atoms with van der Waals surface area (Å²) in [5.41, 5.74) is 0.249. The lowest BCUT2D eigenvalue weighted by molar-refractivity contribution is 0.808. The summed E-state index contributed by atoms with van der Waals surface area (Å²) < 4.78 is 1.17. The first-order chi connectivity index (χ1) is 7.18. The minimum atomic E-state index is -0.271. The molecule has 0 spiro atoms. The molecule has 0 bridgehead atoms. The van der Waals surface area contributed by atoms with Gasteiger partial charge in [-0.3, -0.25) is 4.79 Å². The molecule has 2 rings (SSSR count). The fourth-order valence-electron chi connectivity index (χ4n) is 1.18. The van der Waals surface area contributed by atoms with Crippen LogP contribution in [0.5, 0.6) is 0 Å². The van der Waals surface area contributed by atoms with Crippen LogP contribution >= 0.6 is 23.2 Å². The van der Waals surface area contributed by atoms with E-state index < -0.39 is 0 Å². The quantitative estimate of drug-likeness (QED) is 0.768. The highest BCUT2D eigenvalue weighted by Gasteiger charge is 2.05. The standard InChI is InChI=1S/C10H6Cl2N2O/c11-7-3-1-2-4-8(7)14-10(15)6-5-9(12)13-14/h1-6H. The van der Waals surface area contributed by atoms with Gasteiger partial charge < -0.3 is 0 Å². The summed E-state index contributed by atoms with van der Waals surface area (Å²) in [5.74, 6) is 0. The summed E-state index contributed by atoms with van der Waals surface area (Å²) in [6.45, 7) is 0. The fraction of sp³-hybridized carbons (Fsp3) is 0. The first kappa shape index (κ1) is 10.2. The minimum absolute atomic E-state index is 0.245. The maximum Gasteiger partial charge on any atom is 0.271 e. The zero-order valence-corrected chi connectivity index (χ0v) is 9.03. The number of rotatable bonds is 1. The average Bonchev–Trinajstić information content (AvgIpc) is 2.23. The van der Waals surface area contributed by atoms with E-state index in [9.17, 15) is 4.79 Å². The average molecular weight is 241 g/mol. The number of nitrogens with zero attached hydrogens (tertiary/aromatic N) is 2. The van der Waals surface area contributed by atoms with Crippen LogP contribution in [0, 0.1) is 0 Å². The lowest BCUT2D eigenvalue weighted by Gasteiger charge is -2.05. The molecule has 0 saturated carbocycles. The van der Waals surface area contributed by atoms with E-state index in [4.69, 9.17) is 23.2 Å². The van der Waals surface area contributed by atoms with Crippen molar-refractivity contribution in [2.75, 3.05) is 0 Å². The van der Waals surface area contributed by atoms with Crippen molar-refractivity contribution in [3.8, 4) is 5.69 Å². The molecule has 0 saturated heterocycles. The fourth-order valence-corrected chi connectivity index (χ4v) is 1.54. The highest BCUT2D eigenvalue weighted by Crippen LogP contribution is 2.17. The summed E-state index contributed by atoms with van der Waals surface area (Å²) in [6.07, 6.45) is 0. The van der Waals surface area contributed by atoms with Gasteiger partial charge in [0.2, 0.25) is 0 Å². The second kappa shape index (κ2) is 4.04. The van der Waals surface area contributed by atoms with Crippen molar-refractivity contribution in [2.24, 2.45) is 0 Å². The Hall–Kier alpha value is -1.32. The Balaban J connectivity index is 2.69. The number of hydrogen-bond donors (Lipinski definition) is 0. The van der Waals surface area contributed by atoms with E-state index in [0.717, 1.165) is 0 Å². The lowest BCUT2D eigenvalue weighted by Crippen LogP contribution is -2.19.